The highest BCUT2D eigenvalue weighted by Crippen LogP contribution is 2.19. The standard InChI is InChI=1S/C11H13ClN2O3S/c1-17-6-10(15)13-14-11(16)7-18-9-4-2-8(12)3-5-9/h2-5H,6-7H2,1H3,(H,13,15)(H,14,16). The van der Waals surface area contributed by atoms with Crippen molar-refractivity contribution in [2.75, 3.05) is 19.5 Å². The summed E-state index contributed by atoms with van der Waals surface area (Å²) in [7, 11) is 1.40. The van der Waals surface area contributed by atoms with Crippen molar-refractivity contribution in [1.29, 1.82) is 0 Å². The Morgan fingerprint density at radius 2 is 1.83 bits per heavy atom. The number of halogens is 1. The van der Waals surface area contributed by atoms with Crippen LogP contribution >= 0.6 is 23.4 Å². The van der Waals surface area contributed by atoms with Crippen LogP contribution in [0.25, 0.3) is 0 Å². The molecule has 0 saturated heterocycles. The minimum atomic E-state index is -0.401. The Kier molecular flexibility index (Phi) is 6.56. The lowest BCUT2D eigenvalue weighted by Crippen LogP contribution is -2.44. The van der Waals surface area contributed by atoms with E-state index in [1.54, 1.807) is 12.1 Å². The van der Waals surface area contributed by atoms with Gasteiger partial charge in [0.2, 0.25) is 5.91 Å². The molecule has 1 rings (SSSR count). The van der Waals surface area contributed by atoms with Crippen molar-refractivity contribution in [3.05, 3.63) is 29.3 Å². The number of amides is 2. The van der Waals surface area contributed by atoms with Gasteiger partial charge in [0, 0.05) is 17.0 Å². The fourth-order valence-corrected chi connectivity index (χ4v) is 1.85. The molecule has 0 aliphatic carbocycles. The number of rotatable bonds is 5. The highest BCUT2D eigenvalue weighted by Gasteiger charge is 2.04. The van der Waals surface area contributed by atoms with Crippen molar-refractivity contribution >= 4 is 35.2 Å². The third-order valence-corrected chi connectivity index (χ3v) is 3.06. The molecular formula is C11H13ClN2O3S. The molecule has 0 saturated carbocycles. The summed E-state index contributed by atoms with van der Waals surface area (Å²) in [6, 6.07) is 7.15. The molecule has 18 heavy (non-hydrogen) atoms. The van der Waals surface area contributed by atoms with E-state index in [4.69, 9.17) is 11.6 Å². The van der Waals surface area contributed by atoms with Crippen LogP contribution in [0, 0.1) is 0 Å². The fraction of sp³-hybridized carbons (Fsp3) is 0.273. The number of hydrogen-bond donors (Lipinski definition) is 2. The van der Waals surface area contributed by atoms with Gasteiger partial charge in [-0.3, -0.25) is 20.4 Å². The first-order valence-corrected chi connectivity index (χ1v) is 6.43. The molecule has 0 atom stereocenters. The van der Waals surface area contributed by atoms with Gasteiger partial charge < -0.3 is 4.74 Å². The maximum Gasteiger partial charge on any atom is 0.264 e. The molecule has 0 aliphatic rings. The monoisotopic (exact) mass is 288 g/mol. The average Bonchev–Trinajstić information content (AvgIpc) is 2.36. The number of benzene rings is 1. The Balaban J connectivity index is 2.24. The van der Waals surface area contributed by atoms with Crippen molar-refractivity contribution in [3.8, 4) is 0 Å². The molecule has 98 valence electrons. The lowest BCUT2D eigenvalue weighted by molar-refractivity contribution is -0.130. The maximum atomic E-state index is 11.4. The number of carbonyl (C=O) groups excluding carboxylic acids is 2. The quantitative estimate of drug-likeness (QED) is 0.632. The van der Waals surface area contributed by atoms with Gasteiger partial charge in [-0.1, -0.05) is 11.6 Å². The lowest BCUT2D eigenvalue weighted by atomic mass is 10.4. The van der Waals surface area contributed by atoms with Gasteiger partial charge in [-0.25, -0.2) is 0 Å². The summed E-state index contributed by atoms with van der Waals surface area (Å²) in [5, 5.41) is 0.649. The Morgan fingerprint density at radius 1 is 1.22 bits per heavy atom. The zero-order chi connectivity index (χ0) is 13.4. The minimum absolute atomic E-state index is 0.0927. The molecule has 1 aromatic carbocycles. The zero-order valence-electron chi connectivity index (χ0n) is 9.73. The van der Waals surface area contributed by atoms with Gasteiger partial charge in [0.25, 0.3) is 5.91 Å². The number of carbonyl (C=O) groups is 2. The molecule has 2 amide bonds. The van der Waals surface area contributed by atoms with Crippen LogP contribution in [0.15, 0.2) is 29.2 Å². The lowest BCUT2D eigenvalue weighted by Gasteiger charge is -2.06. The second-order valence-corrected chi connectivity index (χ2v) is 4.76. The minimum Gasteiger partial charge on any atom is -0.375 e. The van der Waals surface area contributed by atoms with Crippen molar-refractivity contribution in [1.82, 2.24) is 10.9 Å². The van der Waals surface area contributed by atoms with E-state index in [0.29, 0.717) is 5.02 Å². The Hall–Kier alpha value is -1.24. The Labute approximate surface area is 114 Å². The molecule has 0 aliphatic heterocycles. The number of hydrogen-bond acceptors (Lipinski definition) is 4. The van der Waals surface area contributed by atoms with Crippen molar-refractivity contribution in [2.24, 2.45) is 0 Å². The van der Waals surface area contributed by atoms with Crippen LogP contribution in [0.5, 0.6) is 0 Å². The summed E-state index contributed by atoms with van der Waals surface area (Å²) in [5.74, 6) is -0.490. The van der Waals surface area contributed by atoms with Gasteiger partial charge in [-0.05, 0) is 24.3 Å². The Morgan fingerprint density at radius 3 is 2.44 bits per heavy atom. The molecular weight excluding hydrogens is 276 g/mol. The van der Waals surface area contributed by atoms with E-state index in [0.717, 1.165) is 4.90 Å². The molecule has 5 nitrogen and oxygen atoms in total. The van der Waals surface area contributed by atoms with Crippen LogP contribution < -0.4 is 10.9 Å². The summed E-state index contributed by atoms with van der Waals surface area (Å²) in [6.45, 7) is -0.0927. The van der Waals surface area contributed by atoms with E-state index in [1.165, 1.54) is 18.9 Å². The van der Waals surface area contributed by atoms with Crippen LogP contribution in [-0.2, 0) is 14.3 Å². The van der Waals surface area contributed by atoms with E-state index in [9.17, 15) is 9.59 Å². The third-order valence-electron chi connectivity index (χ3n) is 1.80. The van der Waals surface area contributed by atoms with E-state index >= 15 is 0 Å². The average molecular weight is 289 g/mol. The predicted molar refractivity (Wildman–Crippen MR) is 70.3 cm³/mol. The highest BCUT2D eigenvalue weighted by molar-refractivity contribution is 8.00. The molecule has 2 N–H and O–H groups in total. The molecule has 0 fully saturated rings. The summed E-state index contributed by atoms with van der Waals surface area (Å²) >= 11 is 7.09. The molecule has 0 heterocycles. The van der Waals surface area contributed by atoms with Crippen LogP contribution in [-0.4, -0.2) is 31.3 Å². The third kappa shape index (κ3) is 5.90. The van der Waals surface area contributed by atoms with Gasteiger partial charge in [-0.15, -0.1) is 11.8 Å². The van der Waals surface area contributed by atoms with Crippen molar-refractivity contribution in [2.45, 2.75) is 4.90 Å². The second kappa shape index (κ2) is 7.97. The maximum absolute atomic E-state index is 11.4. The number of thioether (sulfide) groups is 1. The molecule has 0 radical (unpaired) electrons. The topological polar surface area (TPSA) is 67.4 Å². The van der Waals surface area contributed by atoms with Gasteiger partial charge in [0.05, 0.1) is 5.75 Å². The van der Waals surface area contributed by atoms with Crippen LogP contribution in [0.4, 0.5) is 0 Å². The number of nitrogens with one attached hydrogen (secondary N) is 2. The van der Waals surface area contributed by atoms with Crippen LogP contribution in [0.2, 0.25) is 5.02 Å². The zero-order valence-corrected chi connectivity index (χ0v) is 11.3. The Bertz CT molecular complexity index is 411. The smallest absolute Gasteiger partial charge is 0.264 e. The molecule has 0 spiro atoms. The molecule has 0 unspecified atom stereocenters. The van der Waals surface area contributed by atoms with Gasteiger partial charge in [0.1, 0.15) is 6.61 Å². The summed E-state index contributed by atoms with van der Waals surface area (Å²) in [4.78, 5) is 23.3. The first-order valence-electron chi connectivity index (χ1n) is 5.07. The summed E-state index contributed by atoms with van der Waals surface area (Å²) in [6.07, 6.45) is 0. The number of methoxy groups -OCH3 is 1. The highest BCUT2D eigenvalue weighted by atomic mass is 35.5. The fourth-order valence-electron chi connectivity index (χ4n) is 1.02. The first-order chi connectivity index (χ1) is 8.61. The van der Waals surface area contributed by atoms with E-state index in [1.807, 2.05) is 12.1 Å². The molecule has 0 bridgehead atoms. The second-order valence-electron chi connectivity index (χ2n) is 3.27. The van der Waals surface area contributed by atoms with Gasteiger partial charge in [-0.2, -0.15) is 0 Å². The summed E-state index contributed by atoms with van der Waals surface area (Å²) < 4.78 is 4.60. The van der Waals surface area contributed by atoms with E-state index < -0.39 is 5.91 Å². The van der Waals surface area contributed by atoms with Crippen molar-refractivity contribution in [3.63, 3.8) is 0 Å². The number of hydrazine groups is 1. The SMILES string of the molecule is COCC(=O)NNC(=O)CSc1ccc(Cl)cc1. The molecule has 7 heteroatoms. The first kappa shape index (κ1) is 14.8. The van der Waals surface area contributed by atoms with Crippen LogP contribution in [0.1, 0.15) is 0 Å². The largest absolute Gasteiger partial charge is 0.375 e. The predicted octanol–water partition coefficient (Wildman–Crippen LogP) is 1.23. The van der Waals surface area contributed by atoms with Gasteiger partial charge in [0.15, 0.2) is 0 Å². The molecule has 0 aromatic heterocycles. The van der Waals surface area contributed by atoms with E-state index in [2.05, 4.69) is 15.6 Å². The van der Waals surface area contributed by atoms with Gasteiger partial charge >= 0.3 is 0 Å². The number of ether oxygens (including phenoxy) is 1. The van der Waals surface area contributed by atoms with E-state index in [-0.39, 0.29) is 18.3 Å². The summed E-state index contributed by atoms with van der Waals surface area (Å²) in [5.41, 5.74) is 4.51. The van der Waals surface area contributed by atoms with Crippen LogP contribution in [0.3, 0.4) is 0 Å². The molecule has 1 aromatic rings. The normalized spacial score (nSPS) is 9.89. The van der Waals surface area contributed by atoms with Crippen molar-refractivity contribution < 1.29 is 14.3 Å².